The number of carboxylic acids is 1. The van der Waals surface area contributed by atoms with Crippen LogP contribution >= 0.6 is 0 Å². The Hall–Kier alpha value is -0.690. The molecule has 0 aromatic heterocycles. The maximum Gasteiger partial charge on any atom is 0.335 e. The highest BCUT2D eigenvalue weighted by molar-refractivity contribution is 5.73. The molecule has 1 fully saturated rings. The van der Waals surface area contributed by atoms with Crippen molar-refractivity contribution in [3.8, 4) is 0 Å². The van der Waals surface area contributed by atoms with E-state index in [0.29, 0.717) is 0 Å². The zero-order valence-corrected chi connectivity index (χ0v) is 8.99. The summed E-state index contributed by atoms with van der Waals surface area (Å²) in [6, 6.07) is 0. The molecular weight excluding hydrogens is 204 g/mol. The van der Waals surface area contributed by atoms with E-state index in [-0.39, 0.29) is 0 Å². The summed E-state index contributed by atoms with van der Waals surface area (Å²) < 4.78 is 4.78. The van der Waals surface area contributed by atoms with Crippen molar-refractivity contribution in [2.75, 3.05) is 0 Å². The molecule has 1 aliphatic heterocycles. The van der Waals surface area contributed by atoms with E-state index >= 15 is 0 Å². The number of carbonyl (C=O) groups is 1. The third kappa shape index (κ3) is 3.13. The summed E-state index contributed by atoms with van der Waals surface area (Å²) in [6.07, 6.45) is -6.62. The molecule has 90 valence electrons. The van der Waals surface area contributed by atoms with Gasteiger partial charge in [0, 0.05) is 0 Å². The minimum Gasteiger partial charge on any atom is -0.479 e. The fourth-order valence-electron chi connectivity index (χ4n) is 1.26. The van der Waals surface area contributed by atoms with Crippen molar-refractivity contribution in [3.05, 3.63) is 0 Å². The lowest BCUT2D eigenvalue weighted by Gasteiger charge is -2.37. The van der Waals surface area contributed by atoms with Crippen molar-refractivity contribution in [1.82, 2.24) is 0 Å². The molecule has 1 heterocycles. The number of aliphatic hydroxyl groups excluding tert-OH is 3. The summed E-state index contributed by atoms with van der Waals surface area (Å²) >= 11 is 0. The van der Waals surface area contributed by atoms with Crippen molar-refractivity contribution in [3.63, 3.8) is 0 Å². The first-order valence-corrected chi connectivity index (χ1v) is 4.87. The second kappa shape index (κ2) is 6.02. The number of aliphatic hydroxyl groups is 3. The fourth-order valence-corrected chi connectivity index (χ4v) is 1.26. The molecule has 6 nitrogen and oxygen atoms in total. The van der Waals surface area contributed by atoms with Gasteiger partial charge >= 0.3 is 5.97 Å². The van der Waals surface area contributed by atoms with Gasteiger partial charge in [-0.3, -0.25) is 0 Å². The van der Waals surface area contributed by atoms with Crippen LogP contribution in [-0.4, -0.2) is 56.9 Å². The summed E-state index contributed by atoms with van der Waals surface area (Å²) in [6.45, 7) is 5.43. The van der Waals surface area contributed by atoms with Crippen molar-refractivity contribution in [1.29, 1.82) is 0 Å². The highest BCUT2D eigenvalue weighted by atomic mass is 16.6. The Kier molecular flexibility index (Phi) is 5.74. The van der Waals surface area contributed by atoms with Crippen LogP contribution in [0, 0.1) is 0 Å². The molecule has 15 heavy (non-hydrogen) atoms. The van der Waals surface area contributed by atoms with Gasteiger partial charge < -0.3 is 25.2 Å². The predicted molar refractivity (Wildman–Crippen MR) is 51.3 cm³/mol. The molecule has 5 atom stereocenters. The Morgan fingerprint density at radius 3 is 1.93 bits per heavy atom. The molecule has 0 amide bonds. The van der Waals surface area contributed by atoms with Crippen LogP contribution in [-0.2, 0) is 9.53 Å². The van der Waals surface area contributed by atoms with Gasteiger partial charge in [0.15, 0.2) is 6.10 Å². The molecule has 0 radical (unpaired) electrons. The van der Waals surface area contributed by atoms with E-state index in [1.54, 1.807) is 0 Å². The van der Waals surface area contributed by atoms with Crippen molar-refractivity contribution >= 4 is 5.97 Å². The van der Waals surface area contributed by atoms with Gasteiger partial charge in [0.2, 0.25) is 0 Å². The second-order valence-electron chi connectivity index (χ2n) is 3.07. The minimum absolute atomic E-state index is 0.806. The van der Waals surface area contributed by atoms with Crippen LogP contribution in [0.2, 0.25) is 0 Å². The molecule has 1 saturated heterocycles. The van der Waals surface area contributed by atoms with Gasteiger partial charge in [-0.25, -0.2) is 4.79 Å². The zero-order valence-electron chi connectivity index (χ0n) is 8.99. The Morgan fingerprint density at radius 2 is 1.53 bits per heavy atom. The van der Waals surface area contributed by atoms with Gasteiger partial charge in [0.1, 0.15) is 18.3 Å². The maximum absolute atomic E-state index is 10.5. The van der Waals surface area contributed by atoms with Crippen LogP contribution in [0.25, 0.3) is 0 Å². The molecular formula is C9H18O6. The zero-order chi connectivity index (χ0) is 12.2. The highest BCUT2D eigenvalue weighted by Crippen LogP contribution is 2.20. The summed E-state index contributed by atoms with van der Waals surface area (Å²) in [4.78, 5) is 10.5. The predicted octanol–water partition coefficient (Wildman–Crippen LogP) is -1.03. The normalized spacial score (nSPS) is 40.3. The summed E-state index contributed by atoms with van der Waals surface area (Å²) in [5, 5.41) is 36.1. The van der Waals surface area contributed by atoms with Crippen molar-refractivity contribution < 1.29 is 30.0 Å². The summed E-state index contributed by atoms with van der Waals surface area (Å²) in [5.74, 6) is -1.36. The van der Waals surface area contributed by atoms with Crippen molar-refractivity contribution in [2.24, 2.45) is 0 Å². The van der Waals surface area contributed by atoms with Gasteiger partial charge in [-0.15, -0.1) is 0 Å². The SMILES string of the molecule is CC.C[C@H]1O[C@H](C(=O)O)[C@@H](O)[C@H](O)[C@H]1O. The summed E-state index contributed by atoms with van der Waals surface area (Å²) in [5.41, 5.74) is 0. The number of ether oxygens (including phenoxy) is 1. The van der Waals surface area contributed by atoms with Gasteiger partial charge in [-0.05, 0) is 6.92 Å². The molecule has 6 heteroatoms. The van der Waals surface area contributed by atoms with Crippen molar-refractivity contribution in [2.45, 2.75) is 51.3 Å². The quantitative estimate of drug-likeness (QED) is 0.452. The van der Waals surface area contributed by atoms with Crippen LogP contribution in [0.4, 0.5) is 0 Å². The van der Waals surface area contributed by atoms with E-state index in [1.807, 2.05) is 13.8 Å². The molecule has 0 aromatic carbocycles. The smallest absolute Gasteiger partial charge is 0.335 e. The first-order chi connectivity index (χ1) is 6.95. The average Bonchev–Trinajstić information content (AvgIpc) is 2.23. The number of hydrogen-bond donors (Lipinski definition) is 4. The number of hydrogen-bond acceptors (Lipinski definition) is 5. The molecule has 1 rings (SSSR count). The maximum atomic E-state index is 10.5. The first-order valence-electron chi connectivity index (χ1n) is 4.87. The first kappa shape index (κ1) is 14.3. The topological polar surface area (TPSA) is 107 Å². The second-order valence-corrected chi connectivity index (χ2v) is 3.07. The minimum atomic E-state index is -1.59. The van der Waals surface area contributed by atoms with Gasteiger partial charge in [-0.1, -0.05) is 13.8 Å². The van der Waals surface area contributed by atoms with Crippen LogP contribution in [0.5, 0.6) is 0 Å². The monoisotopic (exact) mass is 222 g/mol. The average molecular weight is 222 g/mol. The molecule has 0 aliphatic carbocycles. The van der Waals surface area contributed by atoms with E-state index < -0.39 is 36.5 Å². The molecule has 4 N–H and O–H groups in total. The highest BCUT2D eigenvalue weighted by Gasteiger charge is 2.44. The van der Waals surface area contributed by atoms with E-state index in [4.69, 9.17) is 9.84 Å². The standard InChI is InChI=1S/C7H12O6.C2H6/c1-2-3(8)4(9)5(10)6(13-2)7(11)12;1-2/h2-6,8-10H,1H3,(H,11,12);1-2H3/t2-,3+,4-,5+,6+;/m1./s1. The lowest BCUT2D eigenvalue weighted by Crippen LogP contribution is -2.58. The summed E-state index contributed by atoms with van der Waals surface area (Å²) in [7, 11) is 0. The third-order valence-electron chi connectivity index (χ3n) is 2.10. The lowest BCUT2D eigenvalue weighted by atomic mass is 9.96. The van der Waals surface area contributed by atoms with Gasteiger partial charge in [-0.2, -0.15) is 0 Å². The van der Waals surface area contributed by atoms with Gasteiger partial charge in [0.25, 0.3) is 0 Å². The van der Waals surface area contributed by atoms with E-state index in [2.05, 4.69) is 0 Å². The Bertz CT molecular complexity index is 207. The van der Waals surface area contributed by atoms with Gasteiger partial charge in [0.05, 0.1) is 6.10 Å². The van der Waals surface area contributed by atoms with Crippen LogP contribution in [0.1, 0.15) is 20.8 Å². The molecule has 0 saturated carbocycles. The number of rotatable bonds is 1. The van der Waals surface area contributed by atoms with Crippen LogP contribution in [0.3, 0.4) is 0 Å². The molecule has 0 bridgehead atoms. The Morgan fingerprint density at radius 1 is 1.07 bits per heavy atom. The largest absolute Gasteiger partial charge is 0.479 e. The molecule has 0 unspecified atom stereocenters. The van der Waals surface area contributed by atoms with Crippen LogP contribution < -0.4 is 0 Å². The van der Waals surface area contributed by atoms with E-state index in [0.717, 1.165) is 0 Å². The number of carboxylic acid groups (broad SMARTS) is 1. The molecule has 1 aliphatic rings. The molecule has 0 aromatic rings. The van der Waals surface area contributed by atoms with Crippen LogP contribution in [0.15, 0.2) is 0 Å². The van der Waals surface area contributed by atoms with E-state index in [9.17, 15) is 20.1 Å². The fraction of sp³-hybridized carbons (Fsp3) is 0.889. The third-order valence-corrected chi connectivity index (χ3v) is 2.10. The molecule has 0 spiro atoms. The Labute approximate surface area is 88.1 Å². The number of aliphatic carboxylic acids is 1. The van der Waals surface area contributed by atoms with E-state index in [1.165, 1.54) is 6.92 Å². The Balaban J connectivity index is 0.000000921. The lowest BCUT2D eigenvalue weighted by molar-refractivity contribution is -0.223.